The zero-order chi connectivity index (χ0) is 28.9. The highest BCUT2D eigenvalue weighted by Crippen LogP contribution is 2.65. The molecule has 2 aliphatic carbocycles. The van der Waals surface area contributed by atoms with E-state index in [0.717, 1.165) is 28.0 Å². The predicted molar refractivity (Wildman–Crippen MR) is 139 cm³/mol. The van der Waals surface area contributed by atoms with Gasteiger partial charge in [0, 0.05) is 25.1 Å². The summed E-state index contributed by atoms with van der Waals surface area (Å²) < 4.78 is 14.6. The fourth-order valence-corrected chi connectivity index (χ4v) is 7.84. The summed E-state index contributed by atoms with van der Waals surface area (Å²) >= 11 is 14.0. The normalized spacial score (nSPS) is 33.0. The molecule has 2 heterocycles. The van der Waals surface area contributed by atoms with Crippen LogP contribution in [0.15, 0.2) is 54.1 Å². The third-order valence-electron chi connectivity index (χ3n) is 8.62. The fourth-order valence-electron chi connectivity index (χ4n) is 6.82. The molecule has 6 atom stereocenters. The van der Waals surface area contributed by atoms with E-state index in [0.29, 0.717) is 5.57 Å². The molecule has 2 aliphatic heterocycles. The summed E-state index contributed by atoms with van der Waals surface area (Å²) in [6.07, 6.45) is 1.50. The van der Waals surface area contributed by atoms with Crippen molar-refractivity contribution in [3.05, 3.63) is 75.6 Å². The van der Waals surface area contributed by atoms with E-state index >= 15 is 0 Å². The van der Waals surface area contributed by atoms with E-state index < -0.39 is 73.5 Å². The number of anilines is 1. The van der Waals surface area contributed by atoms with Gasteiger partial charge in [-0.05, 0) is 42.5 Å². The largest absolute Gasteiger partial charge is 0.505 e. The minimum atomic E-state index is -2.08. The van der Waals surface area contributed by atoms with Gasteiger partial charge in [0.05, 0.1) is 22.4 Å². The highest BCUT2D eigenvalue weighted by atomic mass is 35.5. The number of aromatic hydroxyl groups is 1. The lowest BCUT2D eigenvalue weighted by molar-refractivity contribution is -0.384. The second kappa shape index (κ2) is 8.58. The van der Waals surface area contributed by atoms with Crippen LogP contribution in [-0.4, -0.2) is 55.4 Å². The van der Waals surface area contributed by atoms with Crippen LogP contribution >= 0.6 is 23.2 Å². The van der Waals surface area contributed by atoms with Crippen molar-refractivity contribution in [3.8, 4) is 5.75 Å². The highest BCUT2D eigenvalue weighted by Gasteiger charge is 2.75. The maximum atomic E-state index is 14.6. The topological polar surface area (TPSA) is 138 Å². The number of nitro groups is 1. The summed E-state index contributed by atoms with van der Waals surface area (Å²) in [6, 6.07) is 8.61. The first-order chi connectivity index (χ1) is 18.8. The molecule has 0 radical (unpaired) electrons. The first-order valence-corrected chi connectivity index (χ1v) is 13.1. The number of imide groups is 2. The Morgan fingerprint density at radius 2 is 1.77 bits per heavy atom. The molecule has 3 fully saturated rings. The Morgan fingerprint density at radius 3 is 2.45 bits per heavy atom. The van der Waals surface area contributed by atoms with Crippen LogP contribution in [-0.2, 0) is 19.2 Å². The highest BCUT2D eigenvalue weighted by molar-refractivity contribution is 6.53. The number of benzene rings is 2. The summed E-state index contributed by atoms with van der Waals surface area (Å²) in [5, 5.41) is 21.1. The monoisotopic (exact) mass is 587 g/mol. The molecule has 40 heavy (non-hydrogen) atoms. The van der Waals surface area contributed by atoms with Crippen LogP contribution in [0.4, 0.5) is 15.8 Å². The average Bonchev–Trinajstić information content (AvgIpc) is 3.25. The number of phenols is 1. The first kappa shape index (κ1) is 26.4. The van der Waals surface area contributed by atoms with Crippen molar-refractivity contribution in [3.63, 3.8) is 0 Å². The molecule has 0 aromatic heterocycles. The first-order valence-electron chi connectivity index (χ1n) is 12.3. The Morgan fingerprint density at radius 1 is 1.05 bits per heavy atom. The standard InChI is InChI=1S/C27H20Cl2FN3O7/c1-31-24(37)26(28)11-17-15(21(27(26,29)25(31)38)12-5-8-19(34)18(30)9-12)6-7-16-20(17)23(36)32(22(16)35)13-3-2-4-14(10-13)33(39)40/h2-6,8-10,16-17,20-21,34H,7,11H2,1H3. The number of allylic oxidation sites excluding steroid dienone is 2. The number of hydrogen-bond acceptors (Lipinski definition) is 7. The van der Waals surface area contributed by atoms with Gasteiger partial charge >= 0.3 is 0 Å². The van der Waals surface area contributed by atoms with Crippen LogP contribution in [0.3, 0.4) is 0 Å². The lowest BCUT2D eigenvalue weighted by Gasteiger charge is -2.50. The molecule has 6 rings (SSSR count). The van der Waals surface area contributed by atoms with E-state index in [1.165, 1.54) is 31.3 Å². The molecule has 2 aromatic carbocycles. The van der Waals surface area contributed by atoms with E-state index in [2.05, 4.69) is 0 Å². The second-order valence-electron chi connectivity index (χ2n) is 10.5. The van der Waals surface area contributed by atoms with Gasteiger partial charge in [0.15, 0.2) is 21.3 Å². The Kier molecular flexibility index (Phi) is 5.66. The number of nitro benzene ring substituents is 1. The Balaban J connectivity index is 1.50. The molecule has 10 nitrogen and oxygen atoms in total. The Hall–Kier alpha value is -3.83. The number of fused-ring (bicyclic) bond motifs is 4. The van der Waals surface area contributed by atoms with Crippen molar-refractivity contribution in [1.82, 2.24) is 4.90 Å². The average molecular weight is 588 g/mol. The molecular weight excluding hydrogens is 568 g/mol. The molecule has 2 aromatic rings. The smallest absolute Gasteiger partial charge is 0.271 e. The summed E-state index contributed by atoms with van der Waals surface area (Å²) in [5.74, 6) is -8.26. The summed E-state index contributed by atoms with van der Waals surface area (Å²) in [6.45, 7) is 0. The van der Waals surface area contributed by atoms with Crippen LogP contribution in [0.1, 0.15) is 24.3 Å². The van der Waals surface area contributed by atoms with Gasteiger partial charge in [0.1, 0.15) is 0 Å². The molecule has 206 valence electrons. The summed E-state index contributed by atoms with van der Waals surface area (Å²) in [4.78, 5) is 62.6. The van der Waals surface area contributed by atoms with Crippen LogP contribution in [0.2, 0.25) is 0 Å². The molecule has 0 spiro atoms. The number of non-ortho nitro benzene ring substituents is 1. The molecule has 2 saturated heterocycles. The molecular formula is C27H20Cl2FN3O7. The number of carbonyl (C=O) groups is 4. The predicted octanol–water partition coefficient (Wildman–Crippen LogP) is 3.63. The quantitative estimate of drug-likeness (QED) is 0.190. The minimum absolute atomic E-state index is 0.0345. The minimum Gasteiger partial charge on any atom is -0.505 e. The van der Waals surface area contributed by atoms with Crippen molar-refractivity contribution in [2.24, 2.45) is 17.8 Å². The Bertz CT molecular complexity index is 1600. The van der Waals surface area contributed by atoms with E-state index in [1.54, 1.807) is 6.08 Å². The molecule has 6 unspecified atom stereocenters. The fraction of sp³-hybridized carbons (Fsp3) is 0.333. The van der Waals surface area contributed by atoms with Crippen LogP contribution < -0.4 is 4.90 Å². The zero-order valence-electron chi connectivity index (χ0n) is 20.7. The van der Waals surface area contributed by atoms with E-state index in [1.807, 2.05) is 0 Å². The van der Waals surface area contributed by atoms with E-state index in [4.69, 9.17) is 23.2 Å². The molecule has 0 bridgehead atoms. The molecule has 1 N–H and O–H groups in total. The number of amides is 4. The van der Waals surface area contributed by atoms with Gasteiger partial charge in [-0.25, -0.2) is 9.29 Å². The van der Waals surface area contributed by atoms with Gasteiger partial charge in [-0.15, -0.1) is 23.2 Å². The van der Waals surface area contributed by atoms with E-state index in [9.17, 15) is 38.8 Å². The van der Waals surface area contributed by atoms with Crippen molar-refractivity contribution in [2.45, 2.75) is 28.5 Å². The van der Waals surface area contributed by atoms with Crippen LogP contribution in [0, 0.1) is 33.7 Å². The Labute approximate surface area is 236 Å². The molecule has 4 aliphatic rings. The third kappa shape index (κ3) is 3.21. The van der Waals surface area contributed by atoms with Gasteiger partial charge in [-0.1, -0.05) is 23.8 Å². The maximum Gasteiger partial charge on any atom is 0.271 e. The van der Waals surface area contributed by atoms with Crippen molar-refractivity contribution in [1.29, 1.82) is 0 Å². The zero-order valence-corrected chi connectivity index (χ0v) is 22.2. The number of alkyl halides is 2. The van der Waals surface area contributed by atoms with Gasteiger partial charge in [-0.2, -0.15) is 0 Å². The van der Waals surface area contributed by atoms with Crippen LogP contribution in [0.5, 0.6) is 5.75 Å². The number of hydrogen-bond donors (Lipinski definition) is 1. The number of halogens is 3. The number of nitrogens with zero attached hydrogens (tertiary/aromatic N) is 3. The van der Waals surface area contributed by atoms with Crippen molar-refractivity contribution in [2.75, 3.05) is 11.9 Å². The number of rotatable bonds is 3. The number of likely N-dealkylation sites (tertiary alicyclic amines) is 1. The van der Waals surface area contributed by atoms with Crippen molar-refractivity contribution < 1.29 is 33.6 Å². The van der Waals surface area contributed by atoms with Crippen LogP contribution in [0.25, 0.3) is 0 Å². The SMILES string of the molecule is CN1C(=O)C2(Cl)CC3C(=CCC4C(=O)N(c5cccc([N+](=O)[O-])c5)C(=O)C43)C(c3ccc(O)c(F)c3)C2(Cl)C1=O. The number of phenolic OH excluding ortho intramolecular Hbond substituents is 1. The molecule has 1 saturated carbocycles. The maximum absolute atomic E-state index is 14.6. The van der Waals surface area contributed by atoms with Crippen molar-refractivity contribution >= 4 is 58.2 Å². The lowest BCUT2D eigenvalue weighted by Crippen LogP contribution is -2.60. The van der Waals surface area contributed by atoms with E-state index in [-0.39, 0.29) is 29.8 Å². The van der Waals surface area contributed by atoms with Gasteiger partial charge in [-0.3, -0.25) is 34.2 Å². The molecule has 4 amide bonds. The van der Waals surface area contributed by atoms with Gasteiger partial charge in [0.2, 0.25) is 11.8 Å². The number of carbonyl (C=O) groups excluding carboxylic acids is 4. The van der Waals surface area contributed by atoms with Gasteiger partial charge < -0.3 is 5.11 Å². The lowest BCUT2D eigenvalue weighted by atomic mass is 9.56. The molecule has 13 heteroatoms. The summed E-state index contributed by atoms with van der Waals surface area (Å²) in [5.41, 5.74) is 0.348. The second-order valence-corrected chi connectivity index (χ2v) is 11.7. The third-order valence-corrected chi connectivity index (χ3v) is 10.0. The summed E-state index contributed by atoms with van der Waals surface area (Å²) in [7, 11) is 1.24. The van der Waals surface area contributed by atoms with Gasteiger partial charge in [0.25, 0.3) is 17.5 Å².